The molecule has 0 aromatic rings. The van der Waals surface area contributed by atoms with Crippen molar-refractivity contribution >= 4 is 5.97 Å². The fraction of sp³-hybridized carbons (Fsp3) is 0.833. The highest BCUT2D eigenvalue weighted by Crippen LogP contribution is 1.83. The molecule has 0 bridgehead atoms. The number of carbonyl (C=O) groups excluding carboxylic acids is 1. The summed E-state index contributed by atoms with van der Waals surface area (Å²) in [5, 5.41) is 4.44. The second-order valence-electron chi connectivity index (χ2n) is 2.04. The molecule has 0 aliphatic carbocycles. The van der Waals surface area contributed by atoms with Crippen LogP contribution in [0.2, 0.25) is 0 Å². The van der Waals surface area contributed by atoms with E-state index in [9.17, 15) is 4.79 Å². The van der Waals surface area contributed by atoms with Gasteiger partial charge in [-0.2, -0.15) is 0 Å². The first-order valence-corrected chi connectivity index (χ1v) is 3.21. The zero-order chi connectivity index (χ0) is 7.98. The molecule has 1 N–H and O–H groups in total. The van der Waals surface area contributed by atoms with Crippen molar-refractivity contribution in [2.45, 2.75) is 6.92 Å². The summed E-state index contributed by atoms with van der Waals surface area (Å²) in [6.07, 6.45) is 0. The first kappa shape index (κ1) is 9.39. The lowest BCUT2D eigenvalue weighted by molar-refractivity contribution is -0.180. The molecule has 0 aliphatic rings. The molecule has 0 rings (SSSR count). The molecule has 0 heterocycles. The quantitative estimate of drug-likeness (QED) is 0.549. The van der Waals surface area contributed by atoms with Gasteiger partial charge < -0.3 is 10.2 Å². The summed E-state index contributed by atoms with van der Waals surface area (Å²) in [6, 6.07) is 0. The number of hydroxylamine groups is 2. The molecule has 0 aliphatic heterocycles. The fourth-order valence-corrected chi connectivity index (χ4v) is 0.534. The lowest BCUT2D eigenvalue weighted by Gasteiger charge is -2.13. The van der Waals surface area contributed by atoms with E-state index in [1.165, 1.54) is 12.0 Å². The Morgan fingerprint density at radius 2 is 2.30 bits per heavy atom. The number of nitrogens with zero attached hydrogens (tertiary/aromatic N) is 1. The van der Waals surface area contributed by atoms with Gasteiger partial charge in [-0.15, -0.1) is 5.06 Å². The van der Waals surface area contributed by atoms with Crippen molar-refractivity contribution in [3.63, 3.8) is 0 Å². The molecule has 0 spiro atoms. The van der Waals surface area contributed by atoms with Gasteiger partial charge in [-0.25, -0.2) is 0 Å². The predicted molar refractivity (Wildman–Crippen MR) is 38.3 cm³/mol. The number of rotatable bonds is 4. The van der Waals surface area contributed by atoms with Gasteiger partial charge in [0.2, 0.25) is 0 Å². The maximum atomic E-state index is 10.3. The van der Waals surface area contributed by atoms with Crippen molar-refractivity contribution in [1.82, 2.24) is 10.4 Å². The molecule has 0 saturated heterocycles. The lowest BCUT2D eigenvalue weighted by atomic mass is 10.6. The fourth-order valence-electron chi connectivity index (χ4n) is 0.534. The van der Waals surface area contributed by atoms with E-state index in [0.29, 0.717) is 6.54 Å². The van der Waals surface area contributed by atoms with Crippen LogP contribution in [0.3, 0.4) is 0 Å². The van der Waals surface area contributed by atoms with Crippen molar-refractivity contribution in [1.29, 1.82) is 0 Å². The zero-order valence-electron chi connectivity index (χ0n) is 6.68. The summed E-state index contributed by atoms with van der Waals surface area (Å²) in [4.78, 5) is 15.0. The Labute approximate surface area is 61.1 Å². The summed E-state index contributed by atoms with van der Waals surface area (Å²) in [5.74, 6) is -0.279. The highest BCUT2D eigenvalue weighted by atomic mass is 16.7. The summed E-state index contributed by atoms with van der Waals surface area (Å²) in [5.41, 5.74) is 0. The average Bonchev–Trinajstić information content (AvgIpc) is 1.82. The molecule has 0 atom stereocenters. The second-order valence-corrected chi connectivity index (χ2v) is 2.04. The Morgan fingerprint density at radius 1 is 1.70 bits per heavy atom. The van der Waals surface area contributed by atoms with Gasteiger partial charge >= 0.3 is 5.97 Å². The van der Waals surface area contributed by atoms with Crippen LogP contribution in [-0.2, 0) is 9.63 Å². The van der Waals surface area contributed by atoms with E-state index in [4.69, 9.17) is 4.84 Å². The summed E-state index contributed by atoms with van der Waals surface area (Å²) in [6.45, 7) is 2.90. The van der Waals surface area contributed by atoms with Crippen LogP contribution in [0.4, 0.5) is 0 Å². The van der Waals surface area contributed by atoms with E-state index in [1.807, 2.05) is 7.05 Å². The molecule has 0 fully saturated rings. The van der Waals surface area contributed by atoms with E-state index in [1.54, 1.807) is 7.05 Å². The lowest BCUT2D eigenvalue weighted by Crippen LogP contribution is -2.29. The monoisotopic (exact) mass is 146 g/mol. The van der Waals surface area contributed by atoms with Crippen LogP contribution < -0.4 is 5.32 Å². The van der Waals surface area contributed by atoms with Gasteiger partial charge in [0.15, 0.2) is 0 Å². The number of likely N-dealkylation sites (N-methyl/N-ethyl adjacent to an activating group) is 2. The predicted octanol–water partition coefficient (Wildman–Crippen LogP) is -0.384. The van der Waals surface area contributed by atoms with Crippen LogP contribution in [0.25, 0.3) is 0 Å². The Hall–Kier alpha value is -0.610. The molecule has 0 aromatic carbocycles. The van der Waals surface area contributed by atoms with Crippen LogP contribution in [0.1, 0.15) is 6.92 Å². The van der Waals surface area contributed by atoms with Gasteiger partial charge in [0, 0.05) is 27.1 Å². The van der Waals surface area contributed by atoms with Crippen molar-refractivity contribution in [2.24, 2.45) is 0 Å². The van der Waals surface area contributed by atoms with Crippen LogP contribution >= 0.6 is 0 Å². The molecule has 0 saturated carbocycles. The van der Waals surface area contributed by atoms with E-state index in [2.05, 4.69) is 5.32 Å². The van der Waals surface area contributed by atoms with Gasteiger partial charge in [0.25, 0.3) is 0 Å². The van der Waals surface area contributed by atoms with E-state index in [0.717, 1.165) is 6.54 Å². The van der Waals surface area contributed by atoms with Gasteiger partial charge in [0.1, 0.15) is 0 Å². The van der Waals surface area contributed by atoms with Crippen LogP contribution in [-0.4, -0.2) is 38.2 Å². The van der Waals surface area contributed by atoms with Crippen LogP contribution in [0, 0.1) is 0 Å². The van der Waals surface area contributed by atoms with Crippen molar-refractivity contribution in [2.75, 3.05) is 27.2 Å². The zero-order valence-corrected chi connectivity index (χ0v) is 6.68. The Kier molecular flexibility index (Phi) is 4.88. The van der Waals surface area contributed by atoms with Crippen LogP contribution in [0.5, 0.6) is 0 Å². The first-order valence-electron chi connectivity index (χ1n) is 3.21. The highest BCUT2D eigenvalue weighted by molar-refractivity contribution is 5.65. The molecule has 0 unspecified atom stereocenters. The average molecular weight is 146 g/mol. The smallest absolute Gasteiger partial charge is 0.322 e. The van der Waals surface area contributed by atoms with Gasteiger partial charge in [-0.1, -0.05) is 0 Å². The third-order valence-electron chi connectivity index (χ3n) is 0.961. The van der Waals surface area contributed by atoms with Crippen molar-refractivity contribution in [3.05, 3.63) is 0 Å². The number of nitrogens with one attached hydrogen (secondary N) is 1. The SMILES string of the molecule is CNCCN(C)OC(C)=O. The molecule has 0 radical (unpaired) electrons. The molecular weight excluding hydrogens is 132 g/mol. The normalized spacial score (nSPS) is 10.0. The van der Waals surface area contributed by atoms with Gasteiger partial charge in [0.05, 0.1) is 0 Å². The molecule has 0 aromatic heterocycles. The number of hydrogen-bond acceptors (Lipinski definition) is 4. The van der Waals surface area contributed by atoms with E-state index < -0.39 is 0 Å². The maximum Gasteiger partial charge on any atom is 0.322 e. The van der Waals surface area contributed by atoms with Gasteiger partial charge in [-0.3, -0.25) is 4.79 Å². The second kappa shape index (κ2) is 5.20. The Bertz CT molecular complexity index is 106. The number of carbonyl (C=O) groups is 1. The van der Waals surface area contributed by atoms with Crippen molar-refractivity contribution in [3.8, 4) is 0 Å². The van der Waals surface area contributed by atoms with E-state index >= 15 is 0 Å². The molecule has 4 nitrogen and oxygen atoms in total. The maximum absolute atomic E-state index is 10.3. The Morgan fingerprint density at radius 3 is 2.70 bits per heavy atom. The van der Waals surface area contributed by atoms with Crippen LogP contribution in [0.15, 0.2) is 0 Å². The Balaban J connectivity index is 3.25. The molecule has 10 heavy (non-hydrogen) atoms. The topological polar surface area (TPSA) is 41.6 Å². The van der Waals surface area contributed by atoms with Gasteiger partial charge in [-0.05, 0) is 7.05 Å². The summed E-state index contributed by atoms with van der Waals surface area (Å²) in [7, 11) is 3.57. The summed E-state index contributed by atoms with van der Waals surface area (Å²) >= 11 is 0. The summed E-state index contributed by atoms with van der Waals surface area (Å²) < 4.78 is 0. The number of hydrogen-bond donors (Lipinski definition) is 1. The minimum absolute atomic E-state index is 0.279. The minimum Gasteiger partial charge on any atom is -0.369 e. The minimum atomic E-state index is -0.279. The standard InChI is InChI=1S/C6H14N2O2/c1-6(9)10-8(3)5-4-7-2/h7H,4-5H2,1-3H3. The van der Waals surface area contributed by atoms with E-state index in [-0.39, 0.29) is 5.97 Å². The third kappa shape index (κ3) is 5.53. The third-order valence-corrected chi connectivity index (χ3v) is 0.961. The highest BCUT2D eigenvalue weighted by Gasteiger charge is 1.98. The largest absolute Gasteiger partial charge is 0.369 e. The first-order chi connectivity index (χ1) is 4.66. The molecule has 60 valence electrons. The molecule has 4 heteroatoms. The molecular formula is C6H14N2O2. The molecule has 0 amide bonds. The van der Waals surface area contributed by atoms with Crippen molar-refractivity contribution < 1.29 is 9.63 Å².